The molecule has 0 bridgehead atoms. The largest absolute Gasteiger partial charge is 0.462 e. The summed E-state index contributed by atoms with van der Waals surface area (Å²) < 4.78 is 5.24. The molecule has 0 spiro atoms. The molecule has 0 amide bonds. The monoisotopic (exact) mass is 147 g/mol. The van der Waals surface area contributed by atoms with Gasteiger partial charge in [-0.1, -0.05) is 0 Å². The minimum Gasteiger partial charge on any atom is -0.462 e. The van der Waals surface area contributed by atoms with Crippen molar-refractivity contribution in [1.29, 1.82) is 0 Å². The normalized spacial score (nSPS) is 10.7. The Morgan fingerprint density at radius 3 is 3.00 bits per heavy atom. The third-order valence-electron chi connectivity index (χ3n) is 1.73. The Hall–Kier alpha value is -1.31. The SMILES string of the molecule is Cc1cc2ccoc2c(C)n1. The maximum atomic E-state index is 5.24. The van der Waals surface area contributed by atoms with Gasteiger partial charge in [0.1, 0.15) is 0 Å². The fourth-order valence-electron chi connectivity index (χ4n) is 1.30. The van der Waals surface area contributed by atoms with Gasteiger partial charge in [-0.25, -0.2) is 0 Å². The lowest BCUT2D eigenvalue weighted by atomic mass is 10.2. The number of aromatic nitrogens is 1. The molecule has 0 N–H and O–H groups in total. The van der Waals surface area contributed by atoms with Crippen molar-refractivity contribution in [2.75, 3.05) is 0 Å². The van der Waals surface area contributed by atoms with Crippen LogP contribution in [0.4, 0.5) is 0 Å². The second-order valence-corrected chi connectivity index (χ2v) is 2.69. The number of hydrogen-bond acceptors (Lipinski definition) is 2. The van der Waals surface area contributed by atoms with Gasteiger partial charge in [-0.3, -0.25) is 4.98 Å². The van der Waals surface area contributed by atoms with Crippen LogP contribution in [0.25, 0.3) is 11.0 Å². The lowest BCUT2D eigenvalue weighted by molar-refractivity contribution is 0.610. The quantitative estimate of drug-likeness (QED) is 0.572. The molecule has 0 atom stereocenters. The second-order valence-electron chi connectivity index (χ2n) is 2.69. The molecule has 0 aliphatic carbocycles. The van der Waals surface area contributed by atoms with Crippen molar-refractivity contribution >= 4 is 11.0 Å². The van der Waals surface area contributed by atoms with Gasteiger partial charge in [0.05, 0.1) is 12.0 Å². The van der Waals surface area contributed by atoms with Crippen molar-refractivity contribution < 1.29 is 4.42 Å². The standard InChI is InChI=1S/C9H9NO/c1-6-5-8-3-4-11-9(8)7(2)10-6/h3-5H,1-2H3. The Balaban J connectivity index is 2.91. The molecule has 11 heavy (non-hydrogen) atoms. The van der Waals surface area contributed by atoms with Gasteiger partial charge in [-0.2, -0.15) is 0 Å². The van der Waals surface area contributed by atoms with Crippen molar-refractivity contribution in [2.24, 2.45) is 0 Å². The van der Waals surface area contributed by atoms with Crippen LogP contribution < -0.4 is 0 Å². The first kappa shape index (κ1) is 6.40. The molecule has 56 valence electrons. The van der Waals surface area contributed by atoms with Crippen LogP contribution in [0.2, 0.25) is 0 Å². The minimum absolute atomic E-state index is 0.899. The Labute approximate surface area is 64.9 Å². The molecule has 0 saturated heterocycles. The molecule has 2 aromatic heterocycles. The Kier molecular flexibility index (Phi) is 1.22. The van der Waals surface area contributed by atoms with Crippen LogP contribution >= 0.6 is 0 Å². The zero-order chi connectivity index (χ0) is 7.84. The zero-order valence-electron chi connectivity index (χ0n) is 6.59. The van der Waals surface area contributed by atoms with E-state index in [9.17, 15) is 0 Å². The zero-order valence-corrected chi connectivity index (χ0v) is 6.59. The molecule has 2 aromatic rings. The number of nitrogens with zero attached hydrogens (tertiary/aromatic N) is 1. The molecule has 2 heteroatoms. The highest BCUT2D eigenvalue weighted by Crippen LogP contribution is 2.18. The maximum Gasteiger partial charge on any atom is 0.155 e. The lowest BCUT2D eigenvalue weighted by Gasteiger charge is -1.95. The summed E-state index contributed by atoms with van der Waals surface area (Å²) >= 11 is 0. The number of rotatable bonds is 0. The molecule has 0 aliphatic rings. The average Bonchev–Trinajstić information content (AvgIpc) is 2.34. The van der Waals surface area contributed by atoms with Gasteiger partial charge >= 0.3 is 0 Å². The second kappa shape index (κ2) is 2.09. The molecule has 0 aliphatic heterocycles. The topological polar surface area (TPSA) is 26.0 Å². The van der Waals surface area contributed by atoms with Crippen molar-refractivity contribution in [3.63, 3.8) is 0 Å². The molecule has 0 radical (unpaired) electrons. The first-order valence-corrected chi connectivity index (χ1v) is 3.59. The van der Waals surface area contributed by atoms with E-state index in [1.807, 2.05) is 26.0 Å². The maximum absolute atomic E-state index is 5.24. The van der Waals surface area contributed by atoms with E-state index in [0.29, 0.717) is 0 Å². The first-order chi connectivity index (χ1) is 5.27. The van der Waals surface area contributed by atoms with E-state index < -0.39 is 0 Å². The third kappa shape index (κ3) is 0.909. The van der Waals surface area contributed by atoms with E-state index in [-0.39, 0.29) is 0 Å². The summed E-state index contributed by atoms with van der Waals surface area (Å²) in [5, 5.41) is 1.13. The summed E-state index contributed by atoms with van der Waals surface area (Å²) in [6, 6.07) is 3.98. The first-order valence-electron chi connectivity index (χ1n) is 3.59. The van der Waals surface area contributed by atoms with Crippen LogP contribution in [0, 0.1) is 13.8 Å². The predicted molar refractivity (Wildman–Crippen MR) is 43.5 cm³/mol. The molecule has 2 nitrogen and oxygen atoms in total. The highest BCUT2D eigenvalue weighted by molar-refractivity contribution is 5.79. The van der Waals surface area contributed by atoms with Crippen LogP contribution in [0.5, 0.6) is 0 Å². The van der Waals surface area contributed by atoms with Gasteiger partial charge < -0.3 is 4.42 Å². The Morgan fingerprint density at radius 1 is 1.36 bits per heavy atom. The number of aryl methyl sites for hydroxylation is 2. The molecular formula is C9H9NO. The third-order valence-corrected chi connectivity index (χ3v) is 1.73. The number of pyridine rings is 1. The number of fused-ring (bicyclic) bond motifs is 1. The number of hydrogen-bond donors (Lipinski definition) is 0. The van der Waals surface area contributed by atoms with Crippen LogP contribution in [-0.2, 0) is 0 Å². The van der Waals surface area contributed by atoms with E-state index in [2.05, 4.69) is 4.98 Å². The molecular weight excluding hydrogens is 138 g/mol. The molecule has 0 aromatic carbocycles. The smallest absolute Gasteiger partial charge is 0.155 e. The Bertz CT molecular complexity index is 389. The van der Waals surface area contributed by atoms with Crippen LogP contribution in [0.3, 0.4) is 0 Å². The van der Waals surface area contributed by atoms with Gasteiger partial charge in [0.25, 0.3) is 0 Å². The molecule has 0 unspecified atom stereocenters. The summed E-state index contributed by atoms with van der Waals surface area (Å²) in [6.45, 7) is 3.94. The predicted octanol–water partition coefficient (Wildman–Crippen LogP) is 2.44. The summed E-state index contributed by atoms with van der Waals surface area (Å²) in [5.41, 5.74) is 2.90. The van der Waals surface area contributed by atoms with Gasteiger partial charge in [0, 0.05) is 11.1 Å². The van der Waals surface area contributed by atoms with E-state index in [1.165, 1.54) is 0 Å². The summed E-state index contributed by atoms with van der Waals surface area (Å²) in [6.07, 6.45) is 1.69. The van der Waals surface area contributed by atoms with E-state index >= 15 is 0 Å². The highest BCUT2D eigenvalue weighted by Gasteiger charge is 2.01. The van der Waals surface area contributed by atoms with Crippen LogP contribution in [0.15, 0.2) is 22.8 Å². The fraction of sp³-hybridized carbons (Fsp3) is 0.222. The highest BCUT2D eigenvalue weighted by atomic mass is 16.3. The van der Waals surface area contributed by atoms with Gasteiger partial charge in [-0.05, 0) is 26.0 Å². The average molecular weight is 147 g/mol. The summed E-state index contributed by atoms with van der Waals surface area (Å²) in [4.78, 5) is 4.28. The van der Waals surface area contributed by atoms with Gasteiger partial charge in [-0.15, -0.1) is 0 Å². The molecule has 0 fully saturated rings. The Morgan fingerprint density at radius 2 is 2.18 bits per heavy atom. The summed E-state index contributed by atoms with van der Waals surface area (Å²) in [7, 11) is 0. The fourth-order valence-corrected chi connectivity index (χ4v) is 1.30. The number of furan rings is 1. The van der Waals surface area contributed by atoms with Crippen molar-refractivity contribution in [2.45, 2.75) is 13.8 Å². The van der Waals surface area contributed by atoms with Gasteiger partial charge in [0.2, 0.25) is 0 Å². The van der Waals surface area contributed by atoms with E-state index in [0.717, 1.165) is 22.4 Å². The van der Waals surface area contributed by atoms with Crippen LogP contribution in [0.1, 0.15) is 11.4 Å². The minimum atomic E-state index is 0.899. The molecule has 0 saturated carbocycles. The molecule has 2 rings (SSSR count). The molecule has 2 heterocycles. The lowest BCUT2D eigenvalue weighted by Crippen LogP contribution is -1.84. The van der Waals surface area contributed by atoms with Crippen molar-refractivity contribution in [3.8, 4) is 0 Å². The van der Waals surface area contributed by atoms with Crippen molar-refractivity contribution in [1.82, 2.24) is 4.98 Å². The van der Waals surface area contributed by atoms with E-state index in [4.69, 9.17) is 4.42 Å². The van der Waals surface area contributed by atoms with Crippen LogP contribution in [-0.4, -0.2) is 4.98 Å². The van der Waals surface area contributed by atoms with Gasteiger partial charge in [0.15, 0.2) is 5.58 Å². The van der Waals surface area contributed by atoms with Crippen molar-refractivity contribution in [3.05, 3.63) is 29.8 Å². The summed E-state index contributed by atoms with van der Waals surface area (Å²) in [5.74, 6) is 0. The van der Waals surface area contributed by atoms with E-state index in [1.54, 1.807) is 6.26 Å².